The van der Waals surface area contributed by atoms with Crippen LogP contribution in [-0.4, -0.2) is 175 Å². The largest absolute Gasteiger partial charge is 0.493 e. The molecular weight excluding hydrogens is 1330 g/mol. The molecule has 22 heteroatoms. The lowest BCUT2D eigenvalue weighted by molar-refractivity contribution is -0.138. The van der Waals surface area contributed by atoms with Gasteiger partial charge in [0, 0.05) is 118 Å². The quantitative estimate of drug-likeness (QED) is 0.0328. The van der Waals surface area contributed by atoms with E-state index in [4.69, 9.17) is 28.9 Å². The molecule has 0 spiro atoms. The van der Waals surface area contributed by atoms with Crippen LogP contribution >= 0.6 is 11.8 Å². The SMILES string of the molecule is COc1cc2c(cc1OCCCOc1cc3c(cc1OC)C(=O)N1C=C(c4ccc(NC(=O)[C@H](C)NC(=O)[C@@H](NC(=O)CCCCCN5C(=O)CC(SC(C)(C)Cc6ccccccccccccc6)C5=O)C(C)C)cc4)C[C@H]1C=N3)N=CC1CC(c3ccc(N4CCN(C)CC4)cc3)=CN1C2=O. The molecule has 0 saturated carbocycles. The number of likely N-dealkylation sites (tertiary alicyclic amines) is 1. The Morgan fingerprint density at radius 2 is 1.12 bits per heavy atom. The molecule has 6 aliphatic heterocycles. The van der Waals surface area contributed by atoms with E-state index in [1.807, 2.05) is 111 Å². The molecule has 3 N–H and O–H groups in total. The van der Waals surface area contributed by atoms with E-state index in [1.165, 1.54) is 36.6 Å². The molecule has 5 aromatic rings. The minimum Gasteiger partial charge on any atom is -0.493 e. The third kappa shape index (κ3) is 18.9. The minimum absolute atomic E-state index is 0.143. The number of carbonyl (C=O) groups excluding carboxylic acids is 7. The van der Waals surface area contributed by atoms with Gasteiger partial charge in [-0.2, -0.15) is 0 Å². The van der Waals surface area contributed by atoms with Crippen LogP contribution in [0.3, 0.4) is 0 Å². The first-order valence-corrected chi connectivity index (χ1v) is 36.7. The monoisotopic (exact) mass is 1430 g/mol. The normalized spacial score (nSPS) is 18.1. The summed E-state index contributed by atoms with van der Waals surface area (Å²) in [6.45, 7) is 14.2. The highest BCUT2D eigenvalue weighted by Gasteiger charge is 2.42. The van der Waals surface area contributed by atoms with E-state index in [2.05, 4.69) is 83.0 Å². The molecule has 544 valence electrons. The average Bonchev–Trinajstić information content (AvgIpc) is 1.64. The number of thioether (sulfide) groups is 1. The molecule has 6 aliphatic rings. The zero-order valence-corrected chi connectivity index (χ0v) is 61.4. The number of imide groups is 1. The molecule has 2 unspecified atom stereocenters. The second kappa shape index (κ2) is 34.8. The van der Waals surface area contributed by atoms with Gasteiger partial charge in [0.25, 0.3) is 11.8 Å². The standard InChI is InChI=1S/C82H94N10O11S/c1-54(2)76(87-74(93)26-21-18-22-35-90-75(94)48-73(81(90)99)104-82(4,5)49-56-24-19-16-14-12-10-9-11-13-15-17-20-25-56)78(96)85-55(3)77(95)86-61-31-27-57(28-32-61)59-42-63-50-83-67-46-71(69(100-7)44-65(67)79(97)91(63)52-59)102-40-23-41-103-72-47-68-66(45-70(72)101-8)80(98)92-53-60(43-64(92)51-84-68)58-29-33-62(34-30-58)89-38-36-88(6)37-39-89/h9-17,19-20,24-25,27-34,44-47,50-55,63-64,73,76H,18,21-23,26,35-43,48-49H2,1-8H3,(H,85,96)(H,86,95)(H,87,93)/t55-,63-,64?,73?,76-/m0/s1. The van der Waals surface area contributed by atoms with Crippen molar-refractivity contribution in [3.8, 4) is 23.0 Å². The topological polar surface area (TPSA) is 233 Å². The van der Waals surface area contributed by atoms with Crippen LogP contribution in [0.15, 0.2) is 174 Å². The molecule has 5 aromatic carbocycles. The number of rotatable bonds is 27. The van der Waals surface area contributed by atoms with Crippen molar-refractivity contribution in [3.05, 3.63) is 192 Å². The predicted octanol–water partition coefficient (Wildman–Crippen LogP) is 12.5. The summed E-state index contributed by atoms with van der Waals surface area (Å²) in [5.74, 6) is -0.700. The number of piperazine rings is 1. The first-order valence-electron chi connectivity index (χ1n) is 35.9. The highest BCUT2D eigenvalue weighted by molar-refractivity contribution is 8.02. The number of benzene rings is 4. The fraction of sp³-hybridized carbons (Fsp3) is 0.378. The summed E-state index contributed by atoms with van der Waals surface area (Å²) in [7, 11) is 5.21. The fourth-order valence-electron chi connectivity index (χ4n) is 13.4. The number of unbranched alkanes of at least 4 members (excludes halogenated alkanes) is 2. The summed E-state index contributed by atoms with van der Waals surface area (Å²) < 4.78 is 23.6. The van der Waals surface area contributed by atoms with Crippen molar-refractivity contribution in [2.24, 2.45) is 15.9 Å². The number of hydrogen-bond acceptors (Lipinski definition) is 16. The zero-order valence-electron chi connectivity index (χ0n) is 60.6. The maximum absolute atomic E-state index is 14.3. The molecule has 104 heavy (non-hydrogen) atoms. The molecule has 0 radical (unpaired) electrons. The Morgan fingerprint density at radius 1 is 0.596 bits per heavy atom. The second-order valence-electron chi connectivity index (χ2n) is 27.8. The van der Waals surface area contributed by atoms with Gasteiger partial charge in [-0.25, -0.2) is 0 Å². The molecule has 11 rings (SSSR count). The Kier molecular flexibility index (Phi) is 25.0. The molecule has 2 saturated heterocycles. The van der Waals surface area contributed by atoms with E-state index >= 15 is 0 Å². The molecule has 0 aliphatic carbocycles. The number of hydrogen-bond donors (Lipinski definition) is 3. The van der Waals surface area contributed by atoms with Crippen molar-refractivity contribution in [2.75, 3.05) is 77.4 Å². The number of fused-ring (bicyclic) bond motifs is 4. The summed E-state index contributed by atoms with van der Waals surface area (Å²) in [5.41, 5.74) is 8.40. The van der Waals surface area contributed by atoms with E-state index < -0.39 is 29.1 Å². The average molecular weight is 1430 g/mol. The van der Waals surface area contributed by atoms with Crippen LogP contribution in [0.25, 0.3) is 11.1 Å². The van der Waals surface area contributed by atoms with Crippen LogP contribution in [0.2, 0.25) is 0 Å². The Balaban J connectivity index is 0.600. The summed E-state index contributed by atoms with van der Waals surface area (Å²) in [5, 5.41) is 8.01. The second-order valence-corrected chi connectivity index (χ2v) is 29.7. The van der Waals surface area contributed by atoms with Crippen LogP contribution in [0, 0.1) is 5.92 Å². The molecule has 5 atom stereocenters. The zero-order chi connectivity index (χ0) is 73.4. The number of ether oxygens (including phenoxy) is 4. The van der Waals surface area contributed by atoms with E-state index in [0.717, 1.165) is 54.0 Å². The van der Waals surface area contributed by atoms with Gasteiger partial charge < -0.3 is 54.5 Å². The number of methoxy groups -OCH3 is 2. The van der Waals surface area contributed by atoms with E-state index in [0.29, 0.717) is 96.1 Å². The lowest BCUT2D eigenvalue weighted by Crippen LogP contribution is -2.53. The van der Waals surface area contributed by atoms with Gasteiger partial charge in [0.2, 0.25) is 29.5 Å². The summed E-state index contributed by atoms with van der Waals surface area (Å²) in [6, 6.07) is 46.0. The Labute approximate surface area is 613 Å². The number of likely N-dealkylation sites (N-methyl/N-ethyl adjacent to an activating group) is 1. The smallest absolute Gasteiger partial charge is 0.260 e. The summed E-state index contributed by atoms with van der Waals surface area (Å²) in [6.07, 6.45) is 11.6. The van der Waals surface area contributed by atoms with Crippen LogP contribution in [-0.2, 0) is 30.4 Å². The first-order chi connectivity index (χ1) is 50.2. The van der Waals surface area contributed by atoms with Crippen molar-refractivity contribution < 1.29 is 52.5 Å². The van der Waals surface area contributed by atoms with Gasteiger partial charge in [-0.1, -0.05) is 137 Å². The molecule has 6 heterocycles. The van der Waals surface area contributed by atoms with Crippen molar-refractivity contribution in [2.45, 2.75) is 127 Å². The van der Waals surface area contributed by atoms with Gasteiger partial charge in [0.1, 0.15) is 12.1 Å². The lowest BCUT2D eigenvalue weighted by Gasteiger charge is -2.34. The van der Waals surface area contributed by atoms with Crippen molar-refractivity contribution in [1.82, 2.24) is 30.2 Å². The van der Waals surface area contributed by atoms with Crippen LogP contribution < -0.4 is 39.8 Å². The van der Waals surface area contributed by atoms with Crippen LogP contribution in [0.5, 0.6) is 23.0 Å². The minimum atomic E-state index is -0.946. The van der Waals surface area contributed by atoms with Crippen molar-refractivity contribution >= 4 is 99.4 Å². The summed E-state index contributed by atoms with van der Waals surface area (Å²) in [4.78, 5) is 114. The number of aliphatic imine (C=N–C) groups is 2. The third-order valence-electron chi connectivity index (χ3n) is 19.2. The van der Waals surface area contributed by atoms with E-state index in [1.54, 1.807) is 59.3 Å². The van der Waals surface area contributed by atoms with Gasteiger partial charge in [-0.3, -0.25) is 48.4 Å². The molecule has 2 fully saturated rings. The Bertz CT molecular complexity index is 4230. The van der Waals surface area contributed by atoms with Crippen molar-refractivity contribution in [3.63, 3.8) is 0 Å². The molecule has 21 nitrogen and oxygen atoms in total. The third-order valence-corrected chi connectivity index (χ3v) is 20.6. The van der Waals surface area contributed by atoms with Gasteiger partial charge in [-0.05, 0) is 103 Å². The van der Waals surface area contributed by atoms with E-state index in [-0.39, 0.29) is 84.9 Å². The first kappa shape index (κ1) is 74.9. The van der Waals surface area contributed by atoms with Gasteiger partial charge in [0.15, 0.2) is 23.0 Å². The highest BCUT2D eigenvalue weighted by Crippen LogP contribution is 2.43. The number of nitrogens with zero attached hydrogens (tertiary/aromatic N) is 7. The number of amides is 7. The molecular formula is C82H94N10O11S. The number of anilines is 2. The Morgan fingerprint density at radius 3 is 1.63 bits per heavy atom. The molecule has 7 amide bonds. The Hall–Kier alpha value is -10.3. The maximum atomic E-state index is 14.3. The highest BCUT2D eigenvalue weighted by atomic mass is 32.2. The number of carbonyl (C=O) groups is 7. The lowest BCUT2D eigenvalue weighted by atomic mass is 10.0. The number of nitrogens with one attached hydrogen (secondary N) is 3. The molecule has 0 bridgehead atoms. The van der Waals surface area contributed by atoms with E-state index in [9.17, 15) is 33.6 Å². The van der Waals surface area contributed by atoms with Gasteiger partial charge in [0.05, 0.1) is 67.3 Å². The van der Waals surface area contributed by atoms with Gasteiger partial charge in [-0.15, -0.1) is 11.8 Å². The van der Waals surface area contributed by atoms with Crippen LogP contribution in [0.4, 0.5) is 22.7 Å². The van der Waals surface area contributed by atoms with Gasteiger partial charge >= 0.3 is 0 Å². The van der Waals surface area contributed by atoms with Crippen molar-refractivity contribution in [1.29, 1.82) is 0 Å². The van der Waals surface area contributed by atoms with Crippen LogP contribution in [0.1, 0.15) is 123 Å². The fourth-order valence-corrected chi connectivity index (χ4v) is 14.9. The summed E-state index contributed by atoms with van der Waals surface area (Å²) >= 11 is 1.53. The maximum Gasteiger partial charge on any atom is 0.260 e. The molecule has 0 aromatic heterocycles. The predicted molar refractivity (Wildman–Crippen MR) is 409 cm³/mol.